The molecule has 4 heteroatoms. The molecule has 19 heavy (non-hydrogen) atoms. The van der Waals surface area contributed by atoms with E-state index in [1.54, 1.807) is 13.3 Å². The Morgan fingerprint density at radius 2 is 1.79 bits per heavy atom. The van der Waals surface area contributed by atoms with Crippen molar-refractivity contribution in [2.24, 2.45) is 0 Å². The van der Waals surface area contributed by atoms with E-state index in [4.69, 9.17) is 0 Å². The van der Waals surface area contributed by atoms with E-state index in [1.807, 2.05) is 24.3 Å². The fraction of sp³-hybridized carbons (Fsp3) is 0.533. The van der Waals surface area contributed by atoms with Gasteiger partial charge in [-0.2, -0.15) is 0 Å². The van der Waals surface area contributed by atoms with Crippen LogP contribution < -0.4 is 5.32 Å². The molecule has 0 saturated heterocycles. The van der Waals surface area contributed by atoms with Crippen molar-refractivity contribution < 1.29 is 9.36 Å². The molecular weight excluding hydrogens is 257 g/mol. The zero-order chi connectivity index (χ0) is 14.5. The largest absolute Gasteiger partial charge is 0.326 e. The van der Waals surface area contributed by atoms with Gasteiger partial charge in [0, 0.05) is 18.3 Å². The van der Waals surface area contributed by atoms with Gasteiger partial charge in [-0.3, -0.25) is 4.79 Å². The van der Waals surface area contributed by atoms with Crippen LogP contribution in [0.1, 0.15) is 38.2 Å². The van der Waals surface area contributed by atoms with E-state index in [9.17, 15) is 9.36 Å². The first kappa shape index (κ1) is 16.0. The number of nitrogens with one attached hydrogen (secondary N) is 1. The SMILES string of the molecule is CC(C)c1ccc(NC(=O)CCCP(C)(C)=O)cc1. The minimum Gasteiger partial charge on any atom is -0.326 e. The fourth-order valence-electron chi connectivity index (χ4n) is 1.80. The number of hydrogen-bond acceptors (Lipinski definition) is 2. The second-order valence-corrected chi connectivity index (χ2v) is 9.32. The molecule has 1 aromatic rings. The lowest BCUT2D eigenvalue weighted by Crippen LogP contribution is -2.11. The highest BCUT2D eigenvalue weighted by Gasteiger charge is 2.09. The van der Waals surface area contributed by atoms with Crippen LogP contribution in [-0.4, -0.2) is 25.4 Å². The number of rotatable bonds is 6. The van der Waals surface area contributed by atoms with E-state index in [0.717, 1.165) is 5.69 Å². The van der Waals surface area contributed by atoms with Crippen molar-refractivity contribution in [3.63, 3.8) is 0 Å². The molecular formula is C15H24NO2P. The van der Waals surface area contributed by atoms with Gasteiger partial charge < -0.3 is 9.88 Å². The van der Waals surface area contributed by atoms with Crippen LogP contribution in [0, 0.1) is 0 Å². The van der Waals surface area contributed by atoms with Gasteiger partial charge >= 0.3 is 0 Å². The second-order valence-electron chi connectivity index (χ2n) is 5.73. The molecule has 1 amide bonds. The summed E-state index contributed by atoms with van der Waals surface area (Å²) in [6.45, 7) is 7.80. The molecule has 3 nitrogen and oxygen atoms in total. The highest BCUT2D eigenvalue weighted by molar-refractivity contribution is 7.62. The minimum absolute atomic E-state index is 0.00857. The molecule has 0 saturated carbocycles. The Labute approximate surface area is 116 Å². The minimum atomic E-state index is -2.00. The average Bonchev–Trinajstić information content (AvgIpc) is 2.27. The molecule has 0 spiro atoms. The van der Waals surface area contributed by atoms with Crippen LogP contribution in [0.15, 0.2) is 24.3 Å². The first-order valence-corrected chi connectivity index (χ1v) is 9.50. The molecule has 0 aliphatic rings. The molecule has 0 atom stereocenters. The first-order chi connectivity index (χ1) is 8.78. The summed E-state index contributed by atoms with van der Waals surface area (Å²) in [5.41, 5.74) is 2.08. The number of anilines is 1. The van der Waals surface area contributed by atoms with E-state index < -0.39 is 7.14 Å². The van der Waals surface area contributed by atoms with Crippen molar-refractivity contribution in [3.8, 4) is 0 Å². The molecule has 0 aromatic heterocycles. The Hall–Kier alpha value is -1.08. The van der Waals surface area contributed by atoms with Crippen LogP contribution in [0.25, 0.3) is 0 Å². The van der Waals surface area contributed by atoms with Gasteiger partial charge in [0.15, 0.2) is 0 Å². The summed E-state index contributed by atoms with van der Waals surface area (Å²) in [5, 5.41) is 2.87. The third kappa shape index (κ3) is 6.58. The quantitative estimate of drug-likeness (QED) is 0.796. The van der Waals surface area contributed by atoms with Gasteiger partial charge in [0.05, 0.1) is 7.14 Å². The number of amides is 1. The number of hydrogen-bond donors (Lipinski definition) is 1. The standard InChI is InChI=1S/C15H24NO2P/c1-12(2)13-7-9-14(10-8-13)16-15(17)6-5-11-19(3,4)18/h7-10,12H,5-6,11H2,1-4H3,(H,16,17). The zero-order valence-electron chi connectivity index (χ0n) is 12.3. The maximum absolute atomic E-state index is 11.7. The molecule has 0 unspecified atom stereocenters. The molecule has 1 rings (SSSR count). The van der Waals surface area contributed by atoms with E-state index >= 15 is 0 Å². The van der Waals surface area contributed by atoms with Crippen molar-refractivity contribution in [2.75, 3.05) is 24.8 Å². The third-order valence-corrected chi connectivity index (χ3v) is 4.35. The predicted molar refractivity (Wildman–Crippen MR) is 82.7 cm³/mol. The molecule has 0 heterocycles. The maximum Gasteiger partial charge on any atom is 0.224 e. The predicted octanol–water partition coefficient (Wildman–Crippen LogP) is 4.15. The van der Waals surface area contributed by atoms with E-state index in [0.29, 0.717) is 24.9 Å². The van der Waals surface area contributed by atoms with Crippen LogP contribution in [0.3, 0.4) is 0 Å². The number of benzene rings is 1. The topological polar surface area (TPSA) is 46.2 Å². The first-order valence-electron chi connectivity index (χ1n) is 6.72. The smallest absolute Gasteiger partial charge is 0.224 e. The van der Waals surface area contributed by atoms with Gasteiger partial charge in [-0.05, 0) is 43.4 Å². The van der Waals surface area contributed by atoms with Crippen LogP contribution in [-0.2, 0) is 9.36 Å². The summed E-state index contributed by atoms with van der Waals surface area (Å²) >= 11 is 0. The van der Waals surface area contributed by atoms with Gasteiger partial charge in [0.1, 0.15) is 0 Å². The van der Waals surface area contributed by atoms with Gasteiger partial charge in [0.25, 0.3) is 0 Å². The molecule has 0 aliphatic heterocycles. The highest BCUT2D eigenvalue weighted by atomic mass is 31.2. The lowest BCUT2D eigenvalue weighted by molar-refractivity contribution is -0.116. The van der Waals surface area contributed by atoms with E-state index in [2.05, 4.69) is 19.2 Å². The van der Waals surface area contributed by atoms with Crippen molar-refractivity contribution in [2.45, 2.75) is 32.6 Å². The van der Waals surface area contributed by atoms with Gasteiger partial charge in [-0.1, -0.05) is 26.0 Å². The monoisotopic (exact) mass is 281 g/mol. The van der Waals surface area contributed by atoms with E-state index in [1.165, 1.54) is 5.56 Å². The van der Waals surface area contributed by atoms with Gasteiger partial charge in [-0.25, -0.2) is 0 Å². The summed E-state index contributed by atoms with van der Waals surface area (Å²) in [5.74, 6) is 0.485. The fourth-order valence-corrected chi connectivity index (χ4v) is 2.71. The Morgan fingerprint density at radius 3 is 2.26 bits per heavy atom. The van der Waals surface area contributed by atoms with Crippen molar-refractivity contribution in [3.05, 3.63) is 29.8 Å². The molecule has 1 aromatic carbocycles. The summed E-state index contributed by atoms with van der Waals surface area (Å²) in [6, 6.07) is 7.93. The maximum atomic E-state index is 11.7. The normalized spacial score (nSPS) is 11.6. The van der Waals surface area contributed by atoms with Crippen LogP contribution in [0.5, 0.6) is 0 Å². The molecule has 106 valence electrons. The Kier molecular flexibility index (Phi) is 5.81. The summed E-state index contributed by atoms with van der Waals surface area (Å²) in [4.78, 5) is 11.7. The Morgan fingerprint density at radius 1 is 1.21 bits per heavy atom. The van der Waals surface area contributed by atoms with Crippen molar-refractivity contribution >= 4 is 18.7 Å². The highest BCUT2D eigenvalue weighted by Crippen LogP contribution is 2.36. The van der Waals surface area contributed by atoms with Gasteiger partial charge in [0.2, 0.25) is 5.91 Å². The third-order valence-electron chi connectivity index (χ3n) is 2.96. The molecule has 0 fully saturated rings. The molecule has 0 radical (unpaired) electrons. The average molecular weight is 281 g/mol. The summed E-state index contributed by atoms with van der Waals surface area (Å²) in [6.07, 6.45) is 1.74. The second kappa shape index (κ2) is 6.91. The molecule has 0 aliphatic carbocycles. The Balaban J connectivity index is 2.42. The summed E-state index contributed by atoms with van der Waals surface area (Å²) in [7, 11) is -2.00. The lowest BCUT2D eigenvalue weighted by atomic mass is 10.0. The van der Waals surface area contributed by atoms with Crippen molar-refractivity contribution in [1.82, 2.24) is 0 Å². The lowest BCUT2D eigenvalue weighted by Gasteiger charge is -2.09. The number of carbonyl (C=O) groups excluding carboxylic acids is 1. The molecule has 1 N–H and O–H groups in total. The zero-order valence-corrected chi connectivity index (χ0v) is 13.2. The van der Waals surface area contributed by atoms with Crippen LogP contribution in [0.4, 0.5) is 5.69 Å². The Bertz CT molecular complexity index is 460. The van der Waals surface area contributed by atoms with E-state index in [-0.39, 0.29) is 5.91 Å². The van der Waals surface area contributed by atoms with Crippen LogP contribution in [0.2, 0.25) is 0 Å². The van der Waals surface area contributed by atoms with Crippen LogP contribution >= 0.6 is 7.14 Å². The summed E-state index contributed by atoms with van der Waals surface area (Å²) < 4.78 is 11.5. The number of carbonyl (C=O) groups is 1. The molecule has 0 bridgehead atoms. The van der Waals surface area contributed by atoms with Crippen molar-refractivity contribution in [1.29, 1.82) is 0 Å². The van der Waals surface area contributed by atoms with Gasteiger partial charge in [-0.15, -0.1) is 0 Å².